The summed E-state index contributed by atoms with van der Waals surface area (Å²) in [6.45, 7) is 41.7. The SMILES string of the molecule is C=C[Si](C)(O[Si](C)(C)C)O[Si](C)(C)C(CC(C)CC)c1ccccc1.CCC(C)CC(c1ccccc1)[Si](C)(C)O[Si](C)(CCSCCCCCCO)O[Si](C)(C)C.OCCCCCCS.[B].[NH]=[Al]. The second-order valence-electron chi connectivity index (χ2n) is 22.0. The summed E-state index contributed by atoms with van der Waals surface area (Å²) in [5, 5.41) is 17.3. The summed E-state index contributed by atoms with van der Waals surface area (Å²) in [5.41, 5.74) is 5.79. The number of thioether (sulfide) groups is 1. The molecule has 0 aliphatic heterocycles. The van der Waals surface area contributed by atoms with Crippen molar-refractivity contribution in [3.8, 4) is 0 Å². The van der Waals surface area contributed by atoms with Gasteiger partial charge in [0.15, 0.2) is 33.3 Å². The molecule has 7 nitrogen and oxygen atoms in total. The van der Waals surface area contributed by atoms with E-state index in [1.165, 1.54) is 68.2 Å². The fourth-order valence-corrected chi connectivity index (χ4v) is 37.7. The zero-order valence-corrected chi connectivity index (χ0v) is 56.0. The van der Waals surface area contributed by atoms with Crippen LogP contribution < -0.4 is 0 Å². The molecular weight excluding hydrogens is 1010 g/mol. The van der Waals surface area contributed by atoms with Gasteiger partial charge in [0.2, 0.25) is 0 Å². The number of nitrogens with one attached hydrogen (secondary N) is 1. The van der Waals surface area contributed by atoms with Gasteiger partial charge in [-0.2, -0.15) is 24.4 Å². The van der Waals surface area contributed by atoms with Crippen molar-refractivity contribution in [2.45, 2.75) is 200 Å². The van der Waals surface area contributed by atoms with Gasteiger partial charge in [0.05, 0.1) is 0 Å². The van der Waals surface area contributed by atoms with Gasteiger partial charge in [-0.05, 0) is 163 Å². The summed E-state index contributed by atoms with van der Waals surface area (Å²) >= 11 is 7.78. The molecule has 2 aromatic carbocycles. The van der Waals surface area contributed by atoms with E-state index in [9.17, 15) is 0 Å². The molecular formula is C52H105AlBNO6S2Si6. The zero-order chi connectivity index (χ0) is 52.5. The van der Waals surface area contributed by atoms with E-state index in [1.807, 2.05) is 5.70 Å². The Balaban J connectivity index is -0.00000107. The molecule has 0 fully saturated rings. The Labute approximate surface area is 453 Å². The van der Waals surface area contributed by atoms with E-state index in [0.717, 1.165) is 43.2 Å². The molecule has 0 spiro atoms. The Hall–Kier alpha value is 0.339. The molecule has 0 bridgehead atoms. The average molecular weight is 1110 g/mol. The molecule has 6 atom stereocenters. The molecule has 0 aliphatic carbocycles. The quantitative estimate of drug-likeness (QED) is 0.0321. The van der Waals surface area contributed by atoms with Crippen molar-refractivity contribution in [2.24, 2.45) is 11.8 Å². The van der Waals surface area contributed by atoms with Crippen molar-refractivity contribution < 1.29 is 26.7 Å². The number of aliphatic hydroxyl groups excluding tert-OH is 2. The normalized spacial score (nSPS) is 15.4. The van der Waals surface area contributed by atoms with E-state index < -0.39 is 50.4 Å². The van der Waals surface area contributed by atoms with Crippen LogP contribution in [-0.2, 0) is 16.5 Å². The van der Waals surface area contributed by atoms with Crippen molar-refractivity contribution in [1.29, 1.82) is 4.35 Å². The number of aliphatic hydroxyl groups is 2. The van der Waals surface area contributed by atoms with E-state index in [-0.39, 0.29) is 8.41 Å². The summed E-state index contributed by atoms with van der Waals surface area (Å²) in [5.74, 6) is 4.68. The summed E-state index contributed by atoms with van der Waals surface area (Å²) in [6, 6.07) is 23.0. The van der Waals surface area contributed by atoms with Crippen LogP contribution in [0.2, 0.25) is 84.6 Å². The number of hydrogen-bond acceptors (Lipinski definition) is 9. The van der Waals surface area contributed by atoms with Crippen molar-refractivity contribution >= 4 is 99.3 Å². The van der Waals surface area contributed by atoms with Gasteiger partial charge in [-0.3, -0.25) is 0 Å². The van der Waals surface area contributed by atoms with Gasteiger partial charge in [-0.1, -0.05) is 133 Å². The van der Waals surface area contributed by atoms with Crippen LogP contribution in [-0.4, -0.2) is 116 Å². The molecule has 3 N–H and O–H groups in total. The van der Waals surface area contributed by atoms with Crippen molar-refractivity contribution in [3.05, 3.63) is 84.1 Å². The molecule has 69 heavy (non-hydrogen) atoms. The van der Waals surface area contributed by atoms with E-state index in [1.54, 1.807) is 16.1 Å². The second kappa shape index (κ2) is 39.7. The van der Waals surface area contributed by atoms with Crippen LogP contribution in [0.4, 0.5) is 0 Å². The maximum atomic E-state index is 8.93. The molecule has 2 rings (SSSR count). The molecule has 0 amide bonds. The first-order chi connectivity index (χ1) is 31.8. The molecule has 17 heteroatoms. The first-order valence-electron chi connectivity index (χ1n) is 26.0. The van der Waals surface area contributed by atoms with Crippen LogP contribution in [0.1, 0.15) is 127 Å². The number of thiol groups is 1. The molecule has 0 saturated carbocycles. The van der Waals surface area contributed by atoms with Gasteiger partial charge in [0.25, 0.3) is 0 Å². The molecule has 2 aromatic rings. The van der Waals surface area contributed by atoms with Crippen LogP contribution in [0.5, 0.6) is 0 Å². The summed E-state index contributed by atoms with van der Waals surface area (Å²) in [4.78, 5) is 0. The molecule has 396 valence electrons. The molecule has 6 unspecified atom stereocenters. The second-order valence-corrected chi connectivity index (χ2v) is 48.4. The number of benzene rings is 2. The van der Waals surface area contributed by atoms with Crippen molar-refractivity contribution in [1.82, 2.24) is 0 Å². The van der Waals surface area contributed by atoms with Crippen LogP contribution in [0.15, 0.2) is 72.9 Å². The Bertz CT molecular complexity index is 1530. The number of rotatable bonds is 33. The first-order valence-corrected chi connectivity index (χ1v) is 46.1. The van der Waals surface area contributed by atoms with Crippen LogP contribution in [0.3, 0.4) is 0 Å². The fraction of sp³-hybridized carbons (Fsp3) is 0.731. The topological polar surface area (TPSA) is 101 Å². The monoisotopic (exact) mass is 1110 g/mol. The third-order valence-electron chi connectivity index (χ3n) is 12.1. The van der Waals surface area contributed by atoms with Crippen LogP contribution in [0, 0.1) is 16.2 Å². The Kier molecular flexibility index (Phi) is 42.3. The Morgan fingerprint density at radius 2 is 0.986 bits per heavy atom. The molecule has 0 saturated heterocycles. The third kappa shape index (κ3) is 36.0. The first kappa shape index (κ1) is 73.6. The molecule has 0 aromatic heterocycles. The minimum absolute atomic E-state index is 0. The van der Waals surface area contributed by atoms with E-state index in [2.05, 4.69) is 198 Å². The summed E-state index contributed by atoms with van der Waals surface area (Å²) in [7, 11) is -12.1. The predicted molar refractivity (Wildman–Crippen MR) is 327 cm³/mol. The van der Waals surface area contributed by atoms with Gasteiger partial charge in [-0.25, -0.2) is 0 Å². The zero-order valence-electron chi connectivity index (χ0n) is 47.1. The van der Waals surface area contributed by atoms with Gasteiger partial charge in [-0.15, -0.1) is 6.58 Å². The minimum atomic E-state index is -2.36. The van der Waals surface area contributed by atoms with Crippen LogP contribution >= 0.6 is 24.4 Å². The van der Waals surface area contributed by atoms with Gasteiger partial charge in [0, 0.05) is 32.7 Å². The standard InChI is InChI=1S/C26H52O3SSi3.C20H38O2Si3.C6H14OS.Al.B.HN/c1-9-24(2)23-26(25-17-13-12-14-18-25)32(6,7)29-33(8,28-31(3,4)5)22-21-30-20-16-11-10-15-19-27;1-10-18(3)17-20(19-15-13-12-14-16-19)24(7,8)22-25(9,11-2)21-23(4,5)6;7-5-3-1-2-4-6-8;;;/h12-14,17-18,24,26-27H,9-11,15-16,19-23H2,1-8H3;11-16,18,20H,2,10,17H2,1,3-9H3;7-8H,1-6H2;;;1H. The fourth-order valence-electron chi connectivity index (χ4n) is 8.46. The summed E-state index contributed by atoms with van der Waals surface area (Å²) in [6.07, 6.45) is 13.8. The third-order valence-corrected chi connectivity index (χ3v) is 36.0. The van der Waals surface area contributed by atoms with Crippen LogP contribution in [0.25, 0.3) is 0 Å². The van der Waals surface area contributed by atoms with E-state index >= 15 is 0 Å². The van der Waals surface area contributed by atoms with Gasteiger partial charge < -0.3 is 26.7 Å². The predicted octanol–water partition coefficient (Wildman–Crippen LogP) is 15.8. The summed E-state index contributed by atoms with van der Waals surface area (Å²) < 4.78 is 33.2. The average Bonchev–Trinajstić information content (AvgIpc) is 3.26. The Morgan fingerprint density at radius 3 is 1.35 bits per heavy atom. The van der Waals surface area contributed by atoms with Gasteiger partial charge in [0.1, 0.15) is 0 Å². The Morgan fingerprint density at radius 1 is 0.594 bits per heavy atom. The van der Waals surface area contributed by atoms with Crippen molar-refractivity contribution in [2.75, 3.05) is 30.5 Å². The maximum absolute atomic E-state index is 8.93. The van der Waals surface area contributed by atoms with Crippen molar-refractivity contribution in [3.63, 3.8) is 0 Å². The molecule has 4 radical (unpaired) electrons. The van der Waals surface area contributed by atoms with E-state index in [0.29, 0.717) is 36.1 Å². The van der Waals surface area contributed by atoms with Gasteiger partial charge >= 0.3 is 37.6 Å². The number of hydrogen-bond donors (Lipinski definition) is 4. The molecule has 0 aliphatic rings. The van der Waals surface area contributed by atoms with E-state index in [4.69, 9.17) is 31.0 Å². The molecule has 0 heterocycles. The number of unbranched alkanes of at least 4 members (excludes halogenated alkanes) is 6.